The van der Waals surface area contributed by atoms with E-state index in [1.54, 1.807) is 6.20 Å². The van der Waals surface area contributed by atoms with Crippen LogP contribution in [0, 0.1) is 0 Å². The van der Waals surface area contributed by atoms with Crippen molar-refractivity contribution < 1.29 is 19.0 Å². The predicted octanol–water partition coefficient (Wildman–Crippen LogP) is 3.12. The van der Waals surface area contributed by atoms with Crippen molar-refractivity contribution in [3.05, 3.63) is 29.7 Å². The van der Waals surface area contributed by atoms with Gasteiger partial charge < -0.3 is 18.6 Å². The summed E-state index contributed by atoms with van der Waals surface area (Å²) in [6.07, 6.45) is 6.81. The molecule has 0 radical (unpaired) electrons. The number of carbonyl (C=O) groups excluding carboxylic acids is 1. The van der Waals surface area contributed by atoms with Crippen molar-refractivity contribution in [3.8, 4) is 5.75 Å². The van der Waals surface area contributed by atoms with Gasteiger partial charge in [0, 0.05) is 23.9 Å². The Morgan fingerprint density at radius 1 is 1.40 bits per heavy atom. The van der Waals surface area contributed by atoms with Gasteiger partial charge in [0.15, 0.2) is 0 Å². The first-order valence-corrected chi connectivity index (χ1v) is 8.82. The number of carbonyl (C=O) groups is 1. The number of hydrogen-bond acceptors (Lipinski definition) is 5. The maximum Gasteiger partial charge on any atom is 0.343 e. The van der Waals surface area contributed by atoms with Crippen LogP contribution in [0.3, 0.4) is 0 Å². The van der Waals surface area contributed by atoms with Crippen LogP contribution in [0.25, 0.3) is 5.65 Å². The van der Waals surface area contributed by atoms with Gasteiger partial charge in [0.25, 0.3) is 0 Å². The van der Waals surface area contributed by atoms with E-state index in [9.17, 15) is 4.79 Å². The van der Waals surface area contributed by atoms with E-state index in [1.807, 2.05) is 30.5 Å². The van der Waals surface area contributed by atoms with E-state index in [1.165, 1.54) is 7.11 Å². The van der Waals surface area contributed by atoms with Crippen LogP contribution < -0.4 is 4.74 Å². The second-order valence-electron chi connectivity index (χ2n) is 7.56. The highest BCUT2D eigenvalue weighted by molar-refractivity contribution is 5.92. The molecule has 0 unspecified atom stereocenters. The normalized spacial score (nSPS) is 27.6. The lowest BCUT2D eigenvalue weighted by molar-refractivity contribution is -0.00634. The molecule has 0 aromatic carbocycles. The molecule has 0 atom stereocenters. The highest BCUT2D eigenvalue weighted by atomic mass is 16.5. The van der Waals surface area contributed by atoms with Gasteiger partial charge in [-0.3, -0.25) is 0 Å². The third-order valence-corrected chi connectivity index (χ3v) is 5.49. The Bertz CT molecular complexity index is 833. The van der Waals surface area contributed by atoms with Crippen molar-refractivity contribution >= 4 is 11.6 Å². The average Bonchev–Trinajstić information content (AvgIpc) is 3.23. The molecule has 3 aliphatic rings. The van der Waals surface area contributed by atoms with Crippen LogP contribution in [-0.4, -0.2) is 40.8 Å². The number of fused-ring (bicyclic) bond motifs is 2. The van der Waals surface area contributed by atoms with E-state index in [4.69, 9.17) is 19.2 Å². The lowest BCUT2D eigenvalue weighted by atomic mass is 9.60. The van der Waals surface area contributed by atoms with Gasteiger partial charge in [-0.2, -0.15) is 0 Å². The Morgan fingerprint density at radius 2 is 2.16 bits per heavy atom. The van der Waals surface area contributed by atoms with Gasteiger partial charge in [0.2, 0.25) is 0 Å². The third kappa shape index (κ3) is 2.42. The quantitative estimate of drug-likeness (QED) is 0.780. The van der Waals surface area contributed by atoms with E-state index in [0.717, 1.165) is 37.2 Å². The minimum absolute atomic E-state index is 0.0204. The number of rotatable bonds is 5. The van der Waals surface area contributed by atoms with Crippen LogP contribution in [0.2, 0.25) is 0 Å². The molecule has 0 N–H and O–H groups in total. The molecule has 6 heteroatoms. The third-order valence-electron chi connectivity index (χ3n) is 5.49. The van der Waals surface area contributed by atoms with Crippen LogP contribution >= 0.6 is 0 Å². The number of pyridine rings is 1. The molecule has 6 nitrogen and oxygen atoms in total. The van der Waals surface area contributed by atoms with E-state index in [-0.39, 0.29) is 17.1 Å². The Hall–Kier alpha value is -2.08. The molecule has 1 aliphatic carbocycles. The monoisotopic (exact) mass is 344 g/mol. The fourth-order valence-corrected chi connectivity index (χ4v) is 4.17. The van der Waals surface area contributed by atoms with Crippen molar-refractivity contribution in [1.82, 2.24) is 9.38 Å². The molecule has 0 spiro atoms. The first-order valence-electron chi connectivity index (χ1n) is 8.82. The Balaban J connectivity index is 1.75. The molecule has 3 fully saturated rings. The van der Waals surface area contributed by atoms with Crippen LogP contribution in [0.5, 0.6) is 5.75 Å². The van der Waals surface area contributed by atoms with Gasteiger partial charge in [0.1, 0.15) is 17.0 Å². The summed E-state index contributed by atoms with van der Waals surface area (Å²) in [7, 11) is 1.37. The topological polar surface area (TPSA) is 62.1 Å². The average molecular weight is 344 g/mol. The molecule has 134 valence electrons. The lowest BCUT2D eigenvalue weighted by Gasteiger charge is -2.43. The number of imidazole rings is 1. The summed E-state index contributed by atoms with van der Waals surface area (Å²) in [6.45, 7) is 6.76. The lowest BCUT2D eigenvalue weighted by Crippen LogP contribution is -2.46. The fourth-order valence-electron chi connectivity index (χ4n) is 4.17. The predicted molar refractivity (Wildman–Crippen MR) is 92.2 cm³/mol. The van der Waals surface area contributed by atoms with Crippen molar-refractivity contribution in [1.29, 1.82) is 0 Å². The first kappa shape index (κ1) is 16.4. The molecule has 0 amide bonds. The minimum atomic E-state index is -0.413. The van der Waals surface area contributed by atoms with Crippen LogP contribution in [-0.2, 0) is 14.9 Å². The van der Waals surface area contributed by atoms with Crippen molar-refractivity contribution in [2.75, 3.05) is 13.7 Å². The van der Waals surface area contributed by atoms with E-state index >= 15 is 0 Å². The van der Waals surface area contributed by atoms with Crippen LogP contribution in [0.4, 0.5) is 0 Å². The van der Waals surface area contributed by atoms with Gasteiger partial charge in [-0.05, 0) is 33.1 Å². The Kier molecular flexibility index (Phi) is 3.58. The maximum atomic E-state index is 12.1. The zero-order valence-electron chi connectivity index (χ0n) is 15.2. The van der Waals surface area contributed by atoms with Gasteiger partial charge >= 0.3 is 5.97 Å². The summed E-state index contributed by atoms with van der Waals surface area (Å²) in [6, 6.07) is 1.81. The zero-order valence-corrected chi connectivity index (χ0v) is 15.2. The highest BCUT2D eigenvalue weighted by Crippen LogP contribution is 2.59. The second kappa shape index (κ2) is 5.46. The molecule has 2 bridgehead atoms. The maximum absolute atomic E-state index is 12.1. The van der Waals surface area contributed by atoms with Crippen molar-refractivity contribution in [2.24, 2.45) is 0 Å². The first-order chi connectivity index (χ1) is 11.9. The Morgan fingerprint density at radius 3 is 2.76 bits per heavy atom. The summed E-state index contributed by atoms with van der Waals surface area (Å²) >= 11 is 0. The van der Waals surface area contributed by atoms with E-state index < -0.39 is 5.97 Å². The summed E-state index contributed by atoms with van der Waals surface area (Å²) < 4.78 is 18.6. The fraction of sp³-hybridized carbons (Fsp3) is 0.579. The summed E-state index contributed by atoms with van der Waals surface area (Å²) in [5, 5.41) is 0. The van der Waals surface area contributed by atoms with Crippen molar-refractivity contribution in [3.63, 3.8) is 0 Å². The van der Waals surface area contributed by atoms with E-state index in [2.05, 4.69) is 6.92 Å². The molecule has 2 aliphatic heterocycles. The minimum Gasteiger partial charge on any atom is -0.490 e. The standard InChI is InChI=1S/C19H24N2O4/c1-5-19-9-18(10-19,11-24-19)15-8-21-7-13(17(22)23-4)14(25-12(2)3)6-16(21)20-15/h6-8,12H,5,9-11H2,1-4H3. The van der Waals surface area contributed by atoms with Crippen LogP contribution in [0.15, 0.2) is 18.5 Å². The van der Waals surface area contributed by atoms with Crippen molar-refractivity contribution in [2.45, 2.75) is 57.2 Å². The van der Waals surface area contributed by atoms with Gasteiger partial charge in [-0.15, -0.1) is 0 Å². The molecular formula is C19H24N2O4. The van der Waals surface area contributed by atoms with E-state index in [0.29, 0.717) is 11.3 Å². The molecule has 1 saturated carbocycles. The molecule has 4 heterocycles. The van der Waals surface area contributed by atoms with Crippen LogP contribution in [0.1, 0.15) is 56.1 Å². The number of ether oxygens (including phenoxy) is 3. The number of hydrogen-bond donors (Lipinski definition) is 0. The smallest absolute Gasteiger partial charge is 0.343 e. The number of nitrogens with zero attached hydrogens (tertiary/aromatic N) is 2. The highest BCUT2D eigenvalue weighted by Gasteiger charge is 2.63. The number of methoxy groups -OCH3 is 1. The number of aromatic nitrogens is 2. The van der Waals surface area contributed by atoms with Gasteiger partial charge in [-0.1, -0.05) is 6.92 Å². The molecular weight excluding hydrogens is 320 g/mol. The molecule has 2 aromatic rings. The largest absolute Gasteiger partial charge is 0.490 e. The SMILES string of the molecule is CCC12CC(c3cn4cc(C(=O)OC)c(OC(C)C)cc4n3)(CO1)C2. The molecule has 5 rings (SSSR count). The molecule has 25 heavy (non-hydrogen) atoms. The Labute approximate surface area is 147 Å². The molecule has 2 aromatic heterocycles. The number of esters is 1. The van der Waals surface area contributed by atoms with Gasteiger partial charge in [-0.25, -0.2) is 9.78 Å². The molecule has 2 saturated heterocycles. The second-order valence-corrected chi connectivity index (χ2v) is 7.56. The summed E-state index contributed by atoms with van der Waals surface area (Å²) in [5.41, 5.74) is 2.29. The zero-order chi connectivity index (χ0) is 17.8. The summed E-state index contributed by atoms with van der Waals surface area (Å²) in [5.74, 6) is 0.0898. The van der Waals surface area contributed by atoms with Gasteiger partial charge in [0.05, 0.1) is 31.1 Å². The summed E-state index contributed by atoms with van der Waals surface area (Å²) in [4.78, 5) is 16.9.